The van der Waals surface area contributed by atoms with E-state index in [1.54, 1.807) is 6.92 Å². The molecule has 2 rings (SSSR count). The molecule has 104 valence electrons. The van der Waals surface area contributed by atoms with E-state index in [0.717, 1.165) is 30.0 Å². The number of hydrogen-bond donors (Lipinski definition) is 1. The summed E-state index contributed by atoms with van der Waals surface area (Å²) in [6, 6.07) is 0. The minimum atomic E-state index is -0.340. The largest absolute Gasteiger partial charge is 0.462 e. The smallest absolute Gasteiger partial charge is 0.341 e. The molecule has 0 atom stereocenters. The Hall–Kier alpha value is -1.40. The number of rotatable bonds is 3. The second kappa shape index (κ2) is 5.71. The van der Waals surface area contributed by atoms with Crippen LogP contribution in [-0.4, -0.2) is 37.0 Å². The Morgan fingerprint density at radius 2 is 2.21 bits per heavy atom. The third kappa shape index (κ3) is 2.96. The van der Waals surface area contributed by atoms with E-state index in [-0.39, 0.29) is 11.9 Å². The molecule has 0 radical (unpaired) electrons. The van der Waals surface area contributed by atoms with Crippen LogP contribution in [0.25, 0.3) is 0 Å². The van der Waals surface area contributed by atoms with E-state index in [0.29, 0.717) is 17.2 Å². The number of hydrogen-bond acceptors (Lipinski definition) is 5. The summed E-state index contributed by atoms with van der Waals surface area (Å²) in [5.74, 6) is -0.509. The minimum Gasteiger partial charge on any atom is -0.462 e. The second-order valence-corrected chi connectivity index (χ2v) is 5.70. The van der Waals surface area contributed by atoms with Crippen LogP contribution in [0.3, 0.4) is 0 Å². The predicted octanol–water partition coefficient (Wildman–Crippen LogP) is 1.87. The molecule has 0 saturated heterocycles. The van der Waals surface area contributed by atoms with E-state index in [1.165, 1.54) is 18.3 Å². The van der Waals surface area contributed by atoms with Crippen molar-refractivity contribution >= 4 is 28.2 Å². The van der Waals surface area contributed by atoms with Gasteiger partial charge in [-0.05, 0) is 26.0 Å². The van der Waals surface area contributed by atoms with E-state index in [9.17, 15) is 9.59 Å². The van der Waals surface area contributed by atoms with E-state index in [2.05, 4.69) is 10.2 Å². The average Bonchev–Trinajstić information content (AvgIpc) is 2.65. The number of anilines is 1. The summed E-state index contributed by atoms with van der Waals surface area (Å²) in [6.07, 6.45) is 0.816. The number of thiophene rings is 1. The Morgan fingerprint density at radius 3 is 2.84 bits per heavy atom. The van der Waals surface area contributed by atoms with Gasteiger partial charge in [-0.2, -0.15) is 0 Å². The van der Waals surface area contributed by atoms with Gasteiger partial charge in [0.2, 0.25) is 5.91 Å². The first-order valence-corrected chi connectivity index (χ1v) is 7.12. The fraction of sp³-hybridized carbons (Fsp3) is 0.538. The van der Waals surface area contributed by atoms with Crippen LogP contribution in [0.15, 0.2) is 0 Å². The Labute approximate surface area is 116 Å². The highest BCUT2D eigenvalue weighted by atomic mass is 32.1. The van der Waals surface area contributed by atoms with Crippen LogP contribution in [0.1, 0.15) is 34.6 Å². The van der Waals surface area contributed by atoms with Gasteiger partial charge in [0.25, 0.3) is 0 Å². The molecule has 5 nitrogen and oxygen atoms in total. The Morgan fingerprint density at radius 1 is 1.47 bits per heavy atom. The molecule has 0 saturated carbocycles. The van der Waals surface area contributed by atoms with Gasteiger partial charge in [0.15, 0.2) is 0 Å². The maximum absolute atomic E-state index is 12.1. The van der Waals surface area contributed by atoms with Gasteiger partial charge >= 0.3 is 5.97 Å². The first kappa shape index (κ1) is 14.0. The van der Waals surface area contributed by atoms with Crippen LogP contribution >= 0.6 is 11.3 Å². The van der Waals surface area contributed by atoms with Crippen LogP contribution < -0.4 is 5.32 Å². The molecule has 0 spiro atoms. The van der Waals surface area contributed by atoms with Gasteiger partial charge in [0, 0.05) is 24.9 Å². The minimum absolute atomic E-state index is 0.169. The highest BCUT2D eigenvalue weighted by Gasteiger charge is 2.28. The van der Waals surface area contributed by atoms with Crippen molar-refractivity contribution in [2.75, 3.05) is 25.5 Å². The highest BCUT2D eigenvalue weighted by Crippen LogP contribution is 2.37. The number of carbonyl (C=O) groups excluding carboxylic acids is 2. The molecule has 19 heavy (non-hydrogen) atoms. The third-order valence-electron chi connectivity index (χ3n) is 3.02. The number of ether oxygens (including phenoxy) is 1. The average molecular weight is 282 g/mol. The van der Waals surface area contributed by atoms with Crippen LogP contribution in [0.2, 0.25) is 0 Å². The molecule has 1 amide bonds. The lowest BCUT2D eigenvalue weighted by Crippen LogP contribution is -2.26. The maximum atomic E-state index is 12.1. The summed E-state index contributed by atoms with van der Waals surface area (Å²) >= 11 is 1.47. The molecule has 1 aliphatic heterocycles. The second-order valence-electron chi connectivity index (χ2n) is 4.60. The molecule has 2 heterocycles. The van der Waals surface area contributed by atoms with Crippen molar-refractivity contribution in [1.29, 1.82) is 0 Å². The highest BCUT2D eigenvalue weighted by molar-refractivity contribution is 7.17. The van der Waals surface area contributed by atoms with Crippen molar-refractivity contribution in [3.63, 3.8) is 0 Å². The molecule has 0 unspecified atom stereocenters. The number of amides is 1. The standard InChI is InChI=1S/C13H18N2O3S/c1-4-18-13(17)11-9-5-6-15(3)7-10(9)19-12(11)14-8(2)16/h4-7H2,1-3H3,(H,14,16). The number of fused-ring (bicyclic) bond motifs is 1. The van der Waals surface area contributed by atoms with Crippen LogP contribution in [0.5, 0.6) is 0 Å². The lowest BCUT2D eigenvalue weighted by Gasteiger charge is -2.22. The summed E-state index contributed by atoms with van der Waals surface area (Å²) in [7, 11) is 2.05. The third-order valence-corrected chi connectivity index (χ3v) is 4.15. The van der Waals surface area contributed by atoms with Crippen molar-refractivity contribution in [2.45, 2.75) is 26.8 Å². The van der Waals surface area contributed by atoms with Gasteiger partial charge in [0.1, 0.15) is 5.00 Å². The zero-order valence-electron chi connectivity index (χ0n) is 11.4. The quantitative estimate of drug-likeness (QED) is 0.860. The molecule has 6 heteroatoms. The van der Waals surface area contributed by atoms with E-state index in [1.807, 2.05) is 7.05 Å². The summed E-state index contributed by atoms with van der Waals surface area (Å²) in [5.41, 5.74) is 1.58. The first-order chi connectivity index (χ1) is 9.02. The number of likely N-dealkylation sites (N-methyl/N-ethyl adjacent to an activating group) is 1. The lowest BCUT2D eigenvalue weighted by atomic mass is 10.0. The van der Waals surface area contributed by atoms with Gasteiger partial charge in [-0.3, -0.25) is 4.79 Å². The van der Waals surface area contributed by atoms with Crippen molar-refractivity contribution in [2.24, 2.45) is 0 Å². The van der Waals surface area contributed by atoms with Gasteiger partial charge in [-0.25, -0.2) is 4.79 Å². The molecule has 0 aromatic carbocycles. The van der Waals surface area contributed by atoms with Crippen LogP contribution in [-0.2, 0) is 22.5 Å². The Bertz CT molecular complexity index is 510. The van der Waals surface area contributed by atoms with E-state index in [4.69, 9.17) is 4.74 Å². The number of nitrogens with one attached hydrogen (secondary N) is 1. The Kier molecular flexibility index (Phi) is 4.21. The molecule has 0 fully saturated rings. The summed E-state index contributed by atoms with van der Waals surface area (Å²) in [4.78, 5) is 26.7. The zero-order valence-corrected chi connectivity index (χ0v) is 12.2. The summed E-state index contributed by atoms with van der Waals surface area (Å²) in [6.45, 7) is 5.28. The topological polar surface area (TPSA) is 58.6 Å². The van der Waals surface area contributed by atoms with Crippen LogP contribution in [0, 0.1) is 0 Å². The summed E-state index contributed by atoms with van der Waals surface area (Å²) in [5, 5.41) is 3.36. The zero-order chi connectivity index (χ0) is 14.0. The van der Waals surface area contributed by atoms with E-state index >= 15 is 0 Å². The van der Waals surface area contributed by atoms with Gasteiger partial charge < -0.3 is 15.0 Å². The number of esters is 1. The normalized spacial score (nSPS) is 14.9. The predicted molar refractivity (Wildman–Crippen MR) is 74.6 cm³/mol. The van der Waals surface area contributed by atoms with Crippen molar-refractivity contribution < 1.29 is 14.3 Å². The molecule has 0 aliphatic carbocycles. The monoisotopic (exact) mass is 282 g/mol. The molecule has 1 N–H and O–H groups in total. The van der Waals surface area contributed by atoms with Gasteiger partial charge in [0.05, 0.1) is 12.2 Å². The first-order valence-electron chi connectivity index (χ1n) is 6.30. The van der Waals surface area contributed by atoms with Crippen molar-refractivity contribution in [3.8, 4) is 0 Å². The number of carbonyl (C=O) groups is 2. The van der Waals surface area contributed by atoms with Gasteiger partial charge in [-0.15, -0.1) is 11.3 Å². The summed E-state index contributed by atoms with van der Waals surface area (Å²) < 4.78 is 5.10. The molecule has 1 aromatic rings. The lowest BCUT2D eigenvalue weighted by molar-refractivity contribution is -0.114. The fourth-order valence-electron chi connectivity index (χ4n) is 2.20. The van der Waals surface area contributed by atoms with Gasteiger partial charge in [-0.1, -0.05) is 0 Å². The van der Waals surface area contributed by atoms with E-state index < -0.39 is 0 Å². The molecule has 1 aromatic heterocycles. The van der Waals surface area contributed by atoms with Crippen LogP contribution in [0.4, 0.5) is 5.00 Å². The van der Waals surface area contributed by atoms with Crippen molar-refractivity contribution in [1.82, 2.24) is 4.90 Å². The molecule has 0 bridgehead atoms. The SMILES string of the molecule is CCOC(=O)c1c(NC(C)=O)sc2c1CCN(C)C2. The fourth-order valence-corrected chi connectivity index (χ4v) is 3.56. The maximum Gasteiger partial charge on any atom is 0.341 e. The molecular weight excluding hydrogens is 264 g/mol. The van der Waals surface area contributed by atoms with Crippen molar-refractivity contribution in [3.05, 3.63) is 16.0 Å². The molecule has 1 aliphatic rings. The number of nitrogens with zero attached hydrogens (tertiary/aromatic N) is 1. The molecular formula is C13H18N2O3S. The Balaban J connectivity index is 2.41.